The molecule has 2 heterocycles. The van der Waals surface area contributed by atoms with Gasteiger partial charge in [-0.05, 0) is 35.4 Å². The van der Waals surface area contributed by atoms with Crippen LogP contribution in [0.2, 0.25) is 0 Å². The molecule has 2 aromatic carbocycles. The van der Waals surface area contributed by atoms with Crippen LogP contribution < -0.4 is 15.0 Å². The average molecular weight is 445 g/mol. The number of sulfonamides is 1. The summed E-state index contributed by atoms with van der Waals surface area (Å²) in [6.45, 7) is 2.85. The zero-order chi connectivity index (χ0) is 21.8. The van der Waals surface area contributed by atoms with Gasteiger partial charge in [0.1, 0.15) is 0 Å². The molecule has 1 fully saturated rings. The molecule has 4 rings (SSSR count). The highest BCUT2D eigenvalue weighted by atomic mass is 32.2. The molecule has 1 saturated heterocycles. The Morgan fingerprint density at radius 1 is 1.06 bits per heavy atom. The van der Waals surface area contributed by atoms with Gasteiger partial charge >= 0.3 is 0 Å². The average Bonchev–Trinajstić information content (AvgIpc) is 3.26. The van der Waals surface area contributed by atoms with Gasteiger partial charge in [-0.15, -0.1) is 0 Å². The number of carbonyl (C=O) groups is 1. The summed E-state index contributed by atoms with van der Waals surface area (Å²) < 4.78 is 38.6. The molecule has 0 bridgehead atoms. The molecule has 10 heteroatoms. The molecule has 31 heavy (non-hydrogen) atoms. The van der Waals surface area contributed by atoms with Gasteiger partial charge < -0.3 is 9.47 Å². The Hall–Kier alpha value is -2.92. The van der Waals surface area contributed by atoms with E-state index in [9.17, 15) is 13.2 Å². The molecule has 0 unspecified atom stereocenters. The fraction of sp³-hybridized carbons (Fsp3) is 0.286. The molecule has 2 N–H and O–H groups in total. The maximum Gasteiger partial charge on any atom is 0.267 e. The molecule has 0 atom stereocenters. The number of amides is 1. The van der Waals surface area contributed by atoms with E-state index in [1.165, 1.54) is 21.9 Å². The monoisotopic (exact) mass is 445 g/mol. The summed E-state index contributed by atoms with van der Waals surface area (Å²) in [7, 11) is -3.73. The second kappa shape index (κ2) is 9.06. The van der Waals surface area contributed by atoms with Crippen molar-refractivity contribution >= 4 is 22.0 Å². The lowest BCUT2D eigenvalue weighted by atomic mass is 10.2. The number of carbonyl (C=O) groups excluding carboxylic acids is 1. The fourth-order valence-corrected chi connectivity index (χ4v) is 5.23. The van der Waals surface area contributed by atoms with Crippen molar-refractivity contribution in [2.45, 2.75) is 11.4 Å². The molecule has 0 radical (unpaired) electrons. The number of hydrogen-bond acceptors (Lipinski definition) is 7. The normalized spacial score (nSPS) is 17.2. The Labute approximate surface area is 180 Å². The first-order chi connectivity index (χ1) is 15.0. The summed E-state index contributed by atoms with van der Waals surface area (Å²) in [5, 5.41) is 8.63. The third-order valence-electron chi connectivity index (χ3n) is 5.24. The summed E-state index contributed by atoms with van der Waals surface area (Å²) in [4.78, 5) is 13.6. The highest BCUT2D eigenvalue weighted by Gasteiger charge is 2.30. The zero-order valence-electron chi connectivity index (χ0n) is 16.7. The van der Waals surface area contributed by atoms with Crippen LogP contribution in [0.4, 0.5) is 0 Å². The van der Waals surface area contributed by atoms with Gasteiger partial charge in [0.2, 0.25) is 16.8 Å². The lowest BCUT2D eigenvalue weighted by molar-refractivity contribution is -0.124. The van der Waals surface area contributed by atoms with Crippen molar-refractivity contribution in [2.24, 2.45) is 0 Å². The summed E-state index contributed by atoms with van der Waals surface area (Å²) in [5.74, 6) is 0.742. The molecule has 164 valence electrons. The van der Waals surface area contributed by atoms with Crippen molar-refractivity contribution < 1.29 is 27.9 Å². The van der Waals surface area contributed by atoms with Gasteiger partial charge in [0.25, 0.3) is 5.91 Å². The van der Waals surface area contributed by atoms with E-state index in [1.54, 1.807) is 18.2 Å². The molecule has 9 nitrogen and oxygen atoms in total. The van der Waals surface area contributed by atoms with E-state index in [0.717, 1.165) is 23.1 Å². The lowest BCUT2D eigenvalue weighted by Crippen LogP contribution is -2.48. The number of rotatable bonds is 6. The number of piperazine rings is 1. The van der Waals surface area contributed by atoms with Crippen LogP contribution in [-0.2, 0) is 21.4 Å². The fourth-order valence-electron chi connectivity index (χ4n) is 3.62. The second-order valence-corrected chi connectivity index (χ2v) is 9.12. The van der Waals surface area contributed by atoms with Gasteiger partial charge in [0, 0.05) is 38.8 Å². The van der Waals surface area contributed by atoms with E-state index in [0.29, 0.717) is 38.3 Å². The van der Waals surface area contributed by atoms with Gasteiger partial charge in [-0.25, -0.2) is 13.9 Å². The molecular weight excluding hydrogens is 422 g/mol. The number of fused-ring (bicyclic) bond motifs is 1. The number of ether oxygens (including phenoxy) is 2. The first kappa shape index (κ1) is 21.3. The summed E-state index contributed by atoms with van der Waals surface area (Å²) in [5.41, 5.74) is 2.95. The van der Waals surface area contributed by atoms with Crippen LogP contribution in [0.15, 0.2) is 53.4 Å². The zero-order valence-corrected chi connectivity index (χ0v) is 17.5. The van der Waals surface area contributed by atoms with Gasteiger partial charge in [-0.3, -0.25) is 14.9 Å². The third-order valence-corrected chi connectivity index (χ3v) is 7.21. The lowest BCUT2D eigenvalue weighted by Gasteiger charge is -2.34. The number of nitrogens with one attached hydrogen (secondary N) is 1. The molecule has 2 aliphatic heterocycles. The van der Waals surface area contributed by atoms with E-state index in [2.05, 4.69) is 4.90 Å². The van der Waals surface area contributed by atoms with E-state index >= 15 is 0 Å². The highest BCUT2D eigenvalue weighted by molar-refractivity contribution is 7.89. The minimum Gasteiger partial charge on any atom is -0.454 e. The smallest absolute Gasteiger partial charge is 0.267 e. The first-order valence-corrected chi connectivity index (χ1v) is 11.2. The Morgan fingerprint density at radius 2 is 1.81 bits per heavy atom. The van der Waals surface area contributed by atoms with Crippen molar-refractivity contribution in [3.05, 3.63) is 59.7 Å². The standard InChI is InChI=1S/C21H23N3O6S/c25-21(22-26)8-6-17-3-1-2-4-20(17)31(27,28)24-11-9-23(10-12-24)14-16-5-7-18-19(13-16)30-15-29-18/h1-8,13,26H,9-12,14-15H2,(H,22,25). The summed E-state index contributed by atoms with van der Waals surface area (Å²) in [6.07, 6.45) is 2.45. The van der Waals surface area contributed by atoms with Crippen LogP contribution >= 0.6 is 0 Å². The van der Waals surface area contributed by atoms with Crippen molar-refractivity contribution in [1.29, 1.82) is 0 Å². The minimum atomic E-state index is -3.73. The highest BCUT2D eigenvalue weighted by Crippen LogP contribution is 2.33. The van der Waals surface area contributed by atoms with Gasteiger partial charge in [0.15, 0.2) is 11.5 Å². The van der Waals surface area contributed by atoms with Gasteiger partial charge in [0.05, 0.1) is 4.90 Å². The quantitative estimate of drug-likeness (QED) is 0.393. The molecular formula is C21H23N3O6S. The van der Waals surface area contributed by atoms with Crippen molar-refractivity contribution in [1.82, 2.24) is 14.7 Å². The van der Waals surface area contributed by atoms with Crippen LogP contribution in [0.25, 0.3) is 6.08 Å². The summed E-state index contributed by atoms with van der Waals surface area (Å²) in [6, 6.07) is 12.3. The van der Waals surface area contributed by atoms with E-state index < -0.39 is 15.9 Å². The van der Waals surface area contributed by atoms with Crippen LogP contribution in [0.3, 0.4) is 0 Å². The van der Waals surface area contributed by atoms with E-state index in [4.69, 9.17) is 14.7 Å². The Bertz CT molecular complexity index is 1090. The van der Waals surface area contributed by atoms with E-state index in [1.807, 2.05) is 18.2 Å². The van der Waals surface area contributed by atoms with E-state index in [-0.39, 0.29) is 11.7 Å². The number of hydrogen-bond donors (Lipinski definition) is 2. The predicted octanol–water partition coefficient (Wildman–Crippen LogP) is 1.44. The number of benzene rings is 2. The largest absolute Gasteiger partial charge is 0.454 e. The number of nitrogens with zero attached hydrogens (tertiary/aromatic N) is 2. The molecule has 0 spiro atoms. The molecule has 0 aliphatic carbocycles. The molecule has 2 aliphatic rings. The minimum absolute atomic E-state index is 0.126. The molecule has 0 aromatic heterocycles. The van der Waals surface area contributed by atoms with Crippen molar-refractivity contribution in [3.63, 3.8) is 0 Å². The molecule has 1 amide bonds. The Morgan fingerprint density at radius 3 is 2.58 bits per heavy atom. The number of hydroxylamine groups is 1. The Balaban J connectivity index is 1.42. The maximum atomic E-state index is 13.2. The van der Waals surface area contributed by atoms with Crippen molar-refractivity contribution in [2.75, 3.05) is 33.0 Å². The van der Waals surface area contributed by atoms with Crippen molar-refractivity contribution in [3.8, 4) is 11.5 Å². The van der Waals surface area contributed by atoms with Gasteiger partial charge in [-0.1, -0.05) is 24.3 Å². The predicted molar refractivity (Wildman–Crippen MR) is 112 cm³/mol. The van der Waals surface area contributed by atoms with Crippen LogP contribution in [0, 0.1) is 0 Å². The maximum absolute atomic E-state index is 13.2. The summed E-state index contributed by atoms with van der Waals surface area (Å²) >= 11 is 0. The van der Waals surface area contributed by atoms with Gasteiger partial charge in [-0.2, -0.15) is 4.31 Å². The second-order valence-electron chi connectivity index (χ2n) is 7.22. The molecule has 0 saturated carbocycles. The third kappa shape index (κ3) is 4.72. The van der Waals surface area contributed by atoms with Crippen LogP contribution in [0.1, 0.15) is 11.1 Å². The first-order valence-electron chi connectivity index (χ1n) is 9.79. The topological polar surface area (TPSA) is 108 Å². The molecule has 2 aromatic rings. The Kier molecular flexibility index (Phi) is 6.23. The van der Waals surface area contributed by atoms with Crippen LogP contribution in [-0.4, -0.2) is 61.7 Å². The van der Waals surface area contributed by atoms with Crippen LogP contribution in [0.5, 0.6) is 11.5 Å². The SMILES string of the molecule is O=C(C=Cc1ccccc1S(=O)(=O)N1CCN(Cc2ccc3c(c2)OCO3)CC1)NO.